The molecule has 0 aliphatic rings. The van der Waals surface area contributed by atoms with Gasteiger partial charge in [0.15, 0.2) is 0 Å². The van der Waals surface area contributed by atoms with E-state index in [0.29, 0.717) is 13.0 Å². The van der Waals surface area contributed by atoms with E-state index in [1.807, 2.05) is 0 Å². The molecule has 0 rings (SSSR count). The second-order valence-electron chi connectivity index (χ2n) is 5.64. The average molecular weight is 285 g/mol. The summed E-state index contributed by atoms with van der Waals surface area (Å²) in [5.41, 5.74) is 0. The number of carbonyl (C=O) groups is 2. The molecule has 0 N–H and O–H groups in total. The first kappa shape index (κ1) is 18.6. The fraction of sp³-hybridized carbons (Fsp3) is 0.733. The lowest BCUT2D eigenvalue weighted by molar-refractivity contribution is -0.890. The fourth-order valence-corrected chi connectivity index (χ4v) is 1.99. The van der Waals surface area contributed by atoms with Gasteiger partial charge >= 0.3 is 5.97 Å². The maximum atomic E-state index is 10.8. The summed E-state index contributed by atoms with van der Waals surface area (Å²) in [6.07, 6.45) is 6.05. The molecule has 5 heteroatoms. The van der Waals surface area contributed by atoms with Crippen LogP contribution in [0.15, 0.2) is 12.7 Å². The molecule has 116 valence electrons. The molecule has 0 heterocycles. The quantitative estimate of drug-likeness (QED) is 0.231. The molecule has 5 nitrogen and oxygen atoms in total. The summed E-state index contributed by atoms with van der Waals surface area (Å²) in [7, 11) is 4.22. The number of esters is 1. The van der Waals surface area contributed by atoms with Gasteiger partial charge in [-0.25, -0.2) is 4.79 Å². The van der Waals surface area contributed by atoms with E-state index in [2.05, 4.69) is 20.7 Å². The Morgan fingerprint density at radius 3 is 2.30 bits per heavy atom. The molecule has 0 spiro atoms. The van der Waals surface area contributed by atoms with E-state index in [4.69, 9.17) is 4.74 Å². The van der Waals surface area contributed by atoms with Crippen LogP contribution in [0.3, 0.4) is 0 Å². The van der Waals surface area contributed by atoms with Crippen LogP contribution in [0.5, 0.6) is 0 Å². The summed E-state index contributed by atoms with van der Waals surface area (Å²) >= 11 is 0. The van der Waals surface area contributed by atoms with Crippen LogP contribution in [-0.2, 0) is 14.3 Å². The van der Waals surface area contributed by atoms with Crippen LogP contribution in [0.4, 0.5) is 0 Å². The molecule has 0 bridgehead atoms. The highest BCUT2D eigenvalue weighted by atomic mass is 16.5. The first-order valence-electron chi connectivity index (χ1n) is 7.18. The van der Waals surface area contributed by atoms with E-state index in [-0.39, 0.29) is 12.4 Å². The van der Waals surface area contributed by atoms with E-state index in [1.54, 1.807) is 0 Å². The van der Waals surface area contributed by atoms with E-state index in [9.17, 15) is 14.7 Å². The molecule has 0 aliphatic carbocycles. The monoisotopic (exact) mass is 285 g/mol. The molecule has 0 saturated heterocycles. The van der Waals surface area contributed by atoms with Crippen molar-refractivity contribution in [3.63, 3.8) is 0 Å². The van der Waals surface area contributed by atoms with E-state index < -0.39 is 5.97 Å². The lowest BCUT2D eigenvalue weighted by atomic mass is 10.1. The number of carbonyl (C=O) groups excluding carboxylic acids is 2. The van der Waals surface area contributed by atoms with E-state index in [1.165, 1.54) is 6.08 Å². The van der Waals surface area contributed by atoms with Crippen LogP contribution in [0.25, 0.3) is 0 Å². The molecule has 0 amide bonds. The van der Waals surface area contributed by atoms with Crippen molar-refractivity contribution in [3.05, 3.63) is 12.7 Å². The number of quaternary nitrogens is 1. The average Bonchev–Trinajstić information content (AvgIpc) is 2.36. The summed E-state index contributed by atoms with van der Waals surface area (Å²) in [5.74, 6) is -1.34. The number of carboxylic acids is 1. The SMILES string of the molecule is C=CC(=O)OCCCCCC[N+](C)(C)CCCC(=O)[O-]. The number of hydrogen-bond donors (Lipinski definition) is 0. The van der Waals surface area contributed by atoms with Crippen LogP contribution in [0.1, 0.15) is 38.5 Å². The van der Waals surface area contributed by atoms with Crippen molar-refractivity contribution in [2.75, 3.05) is 33.8 Å². The predicted octanol–water partition coefficient (Wildman–Crippen LogP) is 0.883. The number of nitrogens with zero attached hydrogens (tertiary/aromatic N) is 1. The van der Waals surface area contributed by atoms with Crippen molar-refractivity contribution >= 4 is 11.9 Å². The number of ether oxygens (including phenoxy) is 1. The largest absolute Gasteiger partial charge is 0.550 e. The Bertz CT molecular complexity index is 313. The van der Waals surface area contributed by atoms with Gasteiger partial charge in [0.25, 0.3) is 0 Å². The van der Waals surface area contributed by atoms with Crippen molar-refractivity contribution in [1.82, 2.24) is 0 Å². The summed E-state index contributed by atoms with van der Waals surface area (Å²) in [5, 5.41) is 10.4. The standard InChI is InChI=1S/C15H27NO4/c1-4-15(19)20-13-8-6-5-7-11-16(2,3)12-9-10-14(17)18/h4H,1,5-13H2,2-3H3. The maximum absolute atomic E-state index is 10.8. The number of rotatable bonds is 12. The first-order chi connectivity index (χ1) is 9.37. The molecule has 0 unspecified atom stereocenters. The Hall–Kier alpha value is -1.36. The Labute approximate surface area is 121 Å². The van der Waals surface area contributed by atoms with E-state index in [0.717, 1.165) is 43.3 Å². The molecule has 0 aromatic carbocycles. The van der Waals surface area contributed by atoms with Crippen LogP contribution in [-0.4, -0.2) is 50.2 Å². The molecule has 20 heavy (non-hydrogen) atoms. The third kappa shape index (κ3) is 11.7. The van der Waals surface area contributed by atoms with Crippen LogP contribution in [0, 0.1) is 0 Å². The molecule has 0 aromatic heterocycles. The minimum absolute atomic E-state index is 0.135. The van der Waals surface area contributed by atoms with Crippen molar-refractivity contribution in [2.45, 2.75) is 38.5 Å². The summed E-state index contributed by atoms with van der Waals surface area (Å²) in [6, 6.07) is 0. The molecule has 0 atom stereocenters. The minimum Gasteiger partial charge on any atom is -0.550 e. The Balaban J connectivity index is 3.50. The van der Waals surface area contributed by atoms with E-state index >= 15 is 0 Å². The normalized spacial score (nSPS) is 11.1. The second-order valence-corrected chi connectivity index (χ2v) is 5.64. The topological polar surface area (TPSA) is 66.4 Å². The minimum atomic E-state index is -0.973. The zero-order valence-electron chi connectivity index (χ0n) is 12.7. The van der Waals surface area contributed by atoms with Gasteiger partial charge in [0.05, 0.1) is 33.8 Å². The van der Waals surface area contributed by atoms with Gasteiger partial charge in [-0.3, -0.25) is 0 Å². The molecule has 0 aliphatic heterocycles. The van der Waals surface area contributed by atoms with Crippen molar-refractivity contribution in [3.8, 4) is 0 Å². The summed E-state index contributed by atoms with van der Waals surface area (Å²) < 4.78 is 5.72. The molecule has 0 fully saturated rings. The first-order valence-corrected chi connectivity index (χ1v) is 7.18. The highest BCUT2D eigenvalue weighted by molar-refractivity contribution is 5.81. The number of unbranched alkanes of at least 4 members (excludes halogenated alkanes) is 3. The van der Waals surface area contributed by atoms with Gasteiger partial charge in [0.1, 0.15) is 0 Å². The second kappa shape index (κ2) is 10.4. The zero-order valence-corrected chi connectivity index (χ0v) is 12.7. The number of hydrogen-bond acceptors (Lipinski definition) is 4. The number of carboxylic acid groups (broad SMARTS) is 1. The molecule has 0 radical (unpaired) electrons. The lowest BCUT2D eigenvalue weighted by Crippen LogP contribution is -2.41. The maximum Gasteiger partial charge on any atom is 0.330 e. The van der Waals surface area contributed by atoms with Crippen LogP contribution >= 0.6 is 0 Å². The molecule has 0 aromatic rings. The van der Waals surface area contributed by atoms with Gasteiger partial charge in [0, 0.05) is 18.5 Å². The van der Waals surface area contributed by atoms with Crippen molar-refractivity contribution < 1.29 is 23.9 Å². The summed E-state index contributed by atoms with van der Waals surface area (Å²) in [6.45, 7) is 5.67. The molecular formula is C15H27NO4. The van der Waals surface area contributed by atoms with Gasteiger partial charge in [-0.05, 0) is 32.1 Å². The van der Waals surface area contributed by atoms with Gasteiger partial charge in [-0.15, -0.1) is 0 Å². The molecule has 0 saturated carbocycles. The third-order valence-corrected chi connectivity index (χ3v) is 3.21. The smallest absolute Gasteiger partial charge is 0.330 e. The fourth-order valence-electron chi connectivity index (χ4n) is 1.99. The van der Waals surface area contributed by atoms with Crippen LogP contribution in [0.2, 0.25) is 0 Å². The van der Waals surface area contributed by atoms with Gasteiger partial charge in [-0.2, -0.15) is 0 Å². The highest BCUT2D eigenvalue weighted by Crippen LogP contribution is 2.07. The lowest BCUT2D eigenvalue weighted by Gasteiger charge is -2.30. The van der Waals surface area contributed by atoms with Gasteiger partial charge in [-0.1, -0.05) is 6.58 Å². The van der Waals surface area contributed by atoms with Crippen LogP contribution < -0.4 is 5.11 Å². The Morgan fingerprint density at radius 2 is 1.70 bits per heavy atom. The zero-order chi connectivity index (χ0) is 15.4. The Morgan fingerprint density at radius 1 is 1.10 bits per heavy atom. The third-order valence-electron chi connectivity index (χ3n) is 3.21. The van der Waals surface area contributed by atoms with Gasteiger partial charge in [0.2, 0.25) is 0 Å². The number of aliphatic carboxylic acids is 1. The van der Waals surface area contributed by atoms with Gasteiger partial charge < -0.3 is 19.1 Å². The summed E-state index contributed by atoms with van der Waals surface area (Å²) in [4.78, 5) is 21.1. The van der Waals surface area contributed by atoms with Crippen molar-refractivity contribution in [2.24, 2.45) is 0 Å². The Kier molecular flexibility index (Phi) is 9.72. The highest BCUT2D eigenvalue weighted by Gasteiger charge is 2.13. The van der Waals surface area contributed by atoms with Crippen molar-refractivity contribution in [1.29, 1.82) is 0 Å². The molecular weight excluding hydrogens is 258 g/mol. The predicted molar refractivity (Wildman–Crippen MR) is 75.7 cm³/mol.